The molecule has 1 aliphatic rings. The van der Waals surface area contributed by atoms with Crippen molar-refractivity contribution >= 4 is 21.8 Å². The van der Waals surface area contributed by atoms with Crippen molar-refractivity contribution in [1.82, 2.24) is 14.5 Å². The Kier molecular flexibility index (Phi) is 4.20. The third kappa shape index (κ3) is 2.88. The maximum Gasteiger partial charge on any atom is 0.227 e. The lowest BCUT2D eigenvalue weighted by Gasteiger charge is -2.27. The molecule has 0 aliphatic carbocycles. The topological polar surface area (TPSA) is 47.4 Å². The number of ether oxygens (including phenoxy) is 1. The molecule has 116 valence electrons. The summed E-state index contributed by atoms with van der Waals surface area (Å²) in [6, 6.07) is 7.64. The molecule has 1 amide bonds. The minimum atomic E-state index is 0.146. The summed E-state index contributed by atoms with van der Waals surface area (Å²) in [6.07, 6.45) is 1.22. The first-order valence-electron chi connectivity index (χ1n) is 7.19. The number of methoxy groups -OCH3 is 1. The number of benzene rings is 1. The number of aromatic nitrogens is 2. The first-order chi connectivity index (χ1) is 10.6. The van der Waals surface area contributed by atoms with E-state index in [-0.39, 0.29) is 5.91 Å². The van der Waals surface area contributed by atoms with Crippen LogP contribution in [0.15, 0.2) is 29.0 Å². The smallest absolute Gasteiger partial charge is 0.227 e. The fourth-order valence-electron chi connectivity index (χ4n) is 2.70. The second kappa shape index (κ2) is 6.12. The summed E-state index contributed by atoms with van der Waals surface area (Å²) in [4.78, 5) is 18.9. The van der Waals surface area contributed by atoms with Crippen LogP contribution in [-0.2, 0) is 31.2 Å². The third-order valence-corrected chi connectivity index (χ3v) is 4.78. The largest absolute Gasteiger partial charge is 0.497 e. The van der Waals surface area contributed by atoms with E-state index in [1.165, 1.54) is 0 Å². The van der Waals surface area contributed by atoms with E-state index in [0.717, 1.165) is 40.4 Å². The van der Waals surface area contributed by atoms with Gasteiger partial charge >= 0.3 is 0 Å². The molecule has 0 N–H and O–H groups in total. The van der Waals surface area contributed by atoms with Crippen LogP contribution in [-0.4, -0.2) is 34.0 Å². The Bertz CT molecular complexity index is 694. The van der Waals surface area contributed by atoms with E-state index in [2.05, 4.69) is 20.9 Å². The minimum absolute atomic E-state index is 0.146. The summed E-state index contributed by atoms with van der Waals surface area (Å²) in [5.41, 5.74) is 3.20. The van der Waals surface area contributed by atoms with Gasteiger partial charge in [-0.05, 0) is 33.6 Å². The molecule has 1 aromatic heterocycles. The molecule has 3 rings (SSSR count). The van der Waals surface area contributed by atoms with Gasteiger partial charge in [0.15, 0.2) is 4.73 Å². The lowest BCUT2D eigenvalue weighted by molar-refractivity contribution is -0.131. The van der Waals surface area contributed by atoms with Crippen LogP contribution in [0.4, 0.5) is 0 Å². The lowest BCUT2D eigenvalue weighted by Crippen LogP contribution is -2.37. The summed E-state index contributed by atoms with van der Waals surface area (Å²) in [6.45, 7) is 1.35. The van der Waals surface area contributed by atoms with Crippen LogP contribution < -0.4 is 4.74 Å². The summed E-state index contributed by atoms with van der Waals surface area (Å²) in [5.74, 6) is 0.951. The zero-order chi connectivity index (χ0) is 15.7. The number of fused-ring (bicyclic) bond motifs is 1. The SMILES string of the molecule is COc1ccc(CC(=O)N2CCc3nc(Br)n(C)c3C2)cc1. The average Bonchev–Trinajstić information content (AvgIpc) is 2.82. The first-order valence-corrected chi connectivity index (χ1v) is 7.98. The van der Waals surface area contributed by atoms with Crippen LogP contribution in [0.5, 0.6) is 5.75 Å². The van der Waals surface area contributed by atoms with E-state index in [1.807, 2.05) is 40.8 Å². The highest BCUT2D eigenvalue weighted by molar-refractivity contribution is 9.10. The number of amides is 1. The van der Waals surface area contributed by atoms with Crippen molar-refractivity contribution in [3.8, 4) is 5.75 Å². The van der Waals surface area contributed by atoms with Crippen molar-refractivity contribution in [1.29, 1.82) is 0 Å². The van der Waals surface area contributed by atoms with Gasteiger partial charge in [-0.25, -0.2) is 4.98 Å². The molecule has 0 unspecified atom stereocenters. The van der Waals surface area contributed by atoms with E-state index in [1.54, 1.807) is 7.11 Å². The monoisotopic (exact) mass is 363 g/mol. The van der Waals surface area contributed by atoms with Crippen molar-refractivity contribution in [2.75, 3.05) is 13.7 Å². The molecule has 5 nitrogen and oxygen atoms in total. The quantitative estimate of drug-likeness (QED) is 0.840. The number of imidazole rings is 1. The molecule has 0 atom stereocenters. The molecular weight excluding hydrogens is 346 g/mol. The standard InChI is InChI=1S/C16H18BrN3O2/c1-19-14-10-20(8-7-13(14)18-16(19)17)15(21)9-11-3-5-12(22-2)6-4-11/h3-6H,7-10H2,1-2H3. The minimum Gasteiger partial charge on any atom is -0.497 e. The Morgan fingerprint density at radius 2 is 2.09 bits per heavy atom. The Labute approximate surface area is 138 Å². The molecule has 22 heavy (non-hydrogen) atoms. The molecule has 0 radical (unpaired) electrons. The summed E-state index contributed by atoms with van der Waals surface area (Å²) < 4.78 is 7.96. The number of carbonyl (C=O) groups is 1. The Balaban J connectivity index is 1.69. The molecule has 2 aromatic rings. The Morgan fingerprint density at radius 1 is 1.36 bits per heavy atom. The van der Waals surface area contributed by atoms with Gasteiger partial charge in [-0.1, -0.05) is 12.1 Å². The number of hydrogen-bond acceptors (Lipinski definition) is 3. The molecule has 1 aromatic carbocycles. The molecule has 0 bridgehead atoms. The zero-order valence-corrected chi connectivity index (χ0v) is 14.3. The molecule has 1 aliphatic heterocycles. The lowest BCUT2D eigenvalue weighted by atomic mass is 10.1. The fourth-order valence-corrected chi connectivity index (χ4v) is 3.12. The van der Waals surface area contributed by atoms with E-state index in [4.69, 9.17) is 4.74 Å². The number of rotatable bonds is 3. The molecule has 0 saturated carbocycles. The number of carbonyl (C=O) groups excluding carboxylic acids is 1. The maximum atomic E-state index is 12.5. The van der Waals surface area contributed by atoms with Crippen LogP contribution in [0, 0.1) is 0 Å². The van der Waals surface area contributed by atoms with Gasteiger partial charge in [-0.15, -0.1) is 0 Å². The van der Waals surface area contributed by atoms with Crippen LogP contribution >= 0.6 is 15.9 Å². The van der Waals surface area contributed by atoms with Gasteiger partial charge in [-0.2, -0.15) is 0 Å². The molecule has 6 heteroatoms. The average molecular weight is 364 g/mol. The van der Waals surface area contributed by atoms with Crippen molar-refractivity contribution in [2.24, 2.45) is 7.05 Å². The Morgan fingerprint density at radius 3 is 2.77 bits per heavy atom. The number of nitrogens with zero attached hydrogens (tertiary/aromatic N) is 3. The number of halogens is 1. The van der Waals surface area contributed by atoms with E-state index in [0.29, 0.717) is 13.0 Å². The summed E-state index contributed by atoms with van der Waals surface area (Å²) >= 11 is 3.44. The molecule has 0 saturated heterocycles. The Hall–Kier alpha value is -1.82. The van der Waals surface area contributed by atoms with Crippen LogP contribution in [0.3, 0.4) is 0 Å². The van der Waals surface area contributed by atoms with Gasteiger partial charge in [-0.3, -0.25) is 4.79 Å². The van der Waals surface area contributed by atoms with Gasteiger partial charge in [0.05, 0.1) is 31.5 Å². The van der Waals surface area contributed by atoms with Crippen molar-refractivity contribution in [3.05, 3.63) is 46.0 Å². The van der Waals surface area contributed by atoms with Gasteiger partial charge < -0.3 is 14.2 Å². The second-order valence-electron chi connectivity index (χ2n) is 5.42. The van der Waals surface area contributed by atoms with Crippen LogP contribution in [0.1, 0.15) is 17.0 Å². The van der Waals surface area contributed by atoms with Crippen LogP contribution in [0.25, 0.3) is 0 Å². The van der Waals surface area contributed by atoms with Gasteiger partial charge in [0.25, 0.3) is 0 Å². The van der Waals surface area contributed by atoms with Crippen LogP contribution in [0.2, 0.25) is 0 Å². The van der Waals surface area contributed by atoms with Gasteiger partial charge in [0, 0.05) is 20.0 Å². The molecule has 2 heterocycles. The highest BCUT2D eigenvalue weighted by atomic mass is 79.9. The summed E-state index contributed by atoms with van der Waals surface area (Å²) in [7, 11) is 3.60. The fraction of sp³-hybridized carbons (Fsp3) is 0.375. The third-order valence-electron chi connectivity index (χ3n) is 4.07. The van der Waals surface area contributed by atoms with E-state index >= 15 is 0 Å². The van der Waals surface area contributed by atoms with Gasteiger partial charge in [0.1, 0.15) is 5.75 Å². The predicted molar refractivity (Wildman–Crippen MR) is 86.7 cm³/mol. The van der Waals surface area contributed by atoms with E-state index < -0.39 is 0 Å². The highest BCUT2D eigenvalue weighted by Crippen LogP contribution is 2.22. The highest BCUT2D eigenvalue weighted by Gasteiger charge is 2.25. The zero-order valence-electron chi connectivity index (χ0n) is 12.7. The van der Waals surface area contributed by atoms with E-state index in [9.17, 15) is 4.79 Å². The molecule has 0 fully saturated rings. The normalized spacial score (nSPS) is 13.9. The molecule has 0 spiro atoms. The van der Waals surface area contributed by atoms with Gasteiger partial charge in [0.2, 0.25) is 5.91 Å². The van der Waals surface area contributed by atoms with Crippen molar-refractivity contribution < 1.29 is 9.53 Å². The second-order valence-corrected chi connectivity index (χ2v) is 6.13. The maximum absolute atomic E-state index is 12.5. The predicted octanol–water partition coefficient (Wildman–Crippen LogP) is 2.32. The molecular formula is C16H18BrN3O2. The first kappa shape index (κ1) is 15.1. The van der Waals surface area contributed by atoms with Crippen molar-refractivity contribution in [3.63, 3.8) is 0 Å². The van der Waals surface area contributed by atoms with Crippen molar-refractivity contribution in [2.45, 2.75) is 19.4 Å². The summed E-state index contributed by atoms with van der Waals surface area (Å²) in [5, 5.41) is 0. The number of hydrogen-bond donors (Lipinski definition) is 0.